The van der Waals surface area contributed by atoms with Gasteiger partial charge in [0, 0.05) is 33.0 Å². The molecule has 0 bridgehead atoms. The summed E-state index contributed by atoms with van der Waals surface area (Å²) in [5.41, 5.74) is 0.712. The van der Waals surface area contributed by atoms with Gasteiger partial charge in [-0.15, -0.1) is 0 Å². The zero-order chi connectivity index (χ0) is 16.5. The van der Waals surface area contributed by atoms with Gasteiger partial charge in [-0.1, -0.05) is 12.1 Å². The minimum absolute atomic E-state index is 0.0603. The number of carbonyl (C=O) groups excluding carboxylic acids is 2. The molecule has 5 nitrogen and oxygen atoms in total. The lowest BCUT2D eigenvalue weighted by Crippen LogP contribution is -2.36. The molecular formula is C17H26N2O3. The Morgan fingerprint density at radius 3 is 2.27 bits per heavy atom. The lowest BCUT2D eigenvalue weighted by atomic mass is 10.2. The van der Waals surface area contributed by atoms with Crippen molar-refractivity contribution in [3.05, 3.63) is 24.3 Å². The van der Waals surface area contributed by atoms with Crippen LogP contribution in [-0.4, -0.2) is 43.0 Å². The first-order valence-corrected chi connectivity index (χ1v) is 7.82. The Balaban J connectivity index is 2.87. The van der Waals surface area contributed by atoms with E-state index in [4.69, 9.17) is 4.74 Å². The Labute approximate surface area is 132 Å². The SMILES string of the molecule is CCOc1ccccc1N(CCC(=O)N(CC)CC)C(C)=O. The van der Waals surface area contributed by atoms with Crippen molar-refractivity contribution in [3.63, 3.8) is 0 Å². The summed E-state index contributed by atoms with van der Waals surface area (Å²) in [6, 6.07) is 7.41. The summed E-state index contributed by atoms with van der Waals surface area (Å²) in [5, 5.41) is 0. The number of rotatable bonds is 8. The molecule has 1 aromatic rings. The highest BCUT2D eigenvalue weighted by Gasteiger charge is 2.18. The van der Waals surface area contributed by atoms with E-state index in [-0.39, 0.29) is 11.8 Å². The fourth-order valence-corrected chi connectivity index (χ4v) is 2.35. The molecule has 0 radical (unpaired) electrons. The topological polar surface area (TPSA) is 49.9 Å². The average Bonchev–Trinajstić information content (AvgIpc) is 2.50. The summed E-state index contributed by atoms with van der Waals surface area (Å²) in [4.78, 5) is 27.5. The van der Waals surface area contributed by atoms with Crippen molar-refractivity contribution < 1.29 is 14.3 Å². The first-order valence-electron chi connectivity index (χ1n) is 7.82. The number of anilines is 1. The van der Waals surface area contributed by atoms with Crippen molar-refractivity contribution in [1.82, 2.24) is 4.90 Å². The molecule has 2 amide bonds. The largest absolute Gasteiger partial charge is 0.492 e. The lowest BCUT2D eigenvalue weighted by molar-refractivity contribution is -0.130. The fraction of sp³-hybridized carbons (Fsp3) is 0.529. The second-order valence-electron chi connectivity index (χ2n) is 4.89. The minimum atomic E-state index is -0.0977. The van der Waals surface area contributed by atoms with Crippen LogP contribution in [0.3, 0.4) is 0 Å². The maximum Gasteiger partial charge on any atom is 0.224 e. The van der Waals surface area contributed by atoms with Crippen molar-refractivity contribution in [1.29, 1.82) is 0 Å². The Hall–Kier alpha value is -2.04. The first-order chi connectivity index (χ1) is 10.5. The predicted octanol–water partition coefficient (Wildman–Crippen LogP) is 2.70. The zero-order valence-corrected chi connectivity index (χ0v) is 14.0. The Kier molecular flexibility index (Phi) is 7.43. The van der Waals surface area contributed by atoms with Gasteiger partial charge >= 0.3 is 0 Å². The van der Waals surface area contributed by atoms with Crippen molar-refractivity contribution in [2.24, 2.45) is 0 Å². The molecule has 0 spiro atoms. The number of hydrogen-bond acceptors (Lipinski definition) is 3. The van der Waals surface area contributed by atoms with Crippen molar-refractivity contribution in [2.45, 2.75) is 34.1 Å². The van der Waals surface area contributed by atoms with Gasteiger partial charge in [0.2, 0.25) is 11.8 Å². The summed E-state index contributed by atoms with van der Waals surface area (Å²) in [6.45, 7) is 9.57. The van der Waals surface area contributed by atoms with Gasteiger partial charge in [-0.2, -0.15) is 0 Å². The number of nitrogens with zero attached hydrogens (tertiary/aromatic N) is 2. The maximum atomic E-state index is 12.1. The summed E-state index contributed by atoms with van der Waals surface area (Å²) in [7, 11) is 0. The molecule has 0 aliphatic heterocycles. The van der Waals surface area contributed by atoms with Crippen LogP contribution < -0.4 is 9.64 Å². The van der Waals surface area contributed by atoms with Crippen molar-refractivity contribution in [3.8, 4) is 5.75 Å². The molecule has 22 heavy (non-hydrogen) atoms. The molecule has 0 unspecified atom stereocenters. The van der Waals surface area contributed by atoms with E-state index < -0.39 is 0 Å². The standard InChI is InChI=1S/C17H26N2O3/c1-5-18(6-2)17(21)12-13-19(14(4)20)15-10-8-9-11-16(15)22-7-3/h8-11H,5-7,12-13H2,1-4H3. The Morgan fingerprint density at radius 1 is 1.09 bits per heavy atom. The van der Waals surface area contributed by atoms with E-state index in [9.17, 15) is 9.59 Å². The van der Waals surface area contributed by atoms with Crippen LogP contribution >= 0.6 is 0 Å². The van der Waals surface area contributed by atoms with Gasteiger partial charge in [0.1, 0.15) is 5.75 Å². The highest BCUT2D eigenvalue weighted by Crippen LogP contribution is 2.28. The van der Waals surface area contributed by atoms with Crippen LogP contribution in [0.5, 0.6) is 5.75 Å². The summed E-state index contributed by atoms with van der Waals surface area (Å²) < 4.78 is 5.58. The van der Waals surface area contributed by atoms with Crippen LogP contribution in [0.2, 0.25) is 0 Å². The third-order valence-corrected chi connectivity index (χ3v) is 3.50. The lowest BCUT2D eigenvalue weighted by Gasteiger charge is -2.25. The highest BCUT2D eigenvalue weighted by atomic mass is 16.5. The van der Waals surface area contributed by atoms with Gasteiger partial charge in [0.15, 0.2) is 0 Å². The Morgan fingerprint density at radius 2 is 1.73 bits per heavy atom. The van der Waals surface area contributed by atoms with E-state index >= 15 is 0 Å². The molecule has 0 saturated heterocycles. The summed E-state index contributed by atoms with van der Waals surface area (Å²) >= 11 is 0. The molecule has 0 fully saturated rings. The number of ether oxygens (including phenoxy) is 1. The number of hydrogen-bond donors (Lipinski definition) is 0. The molecule has 0 saturated carbocycles. The molecule has 0 aliphatic carbocycles. The van der Waals surface area contributed by atoms with Crippen LogP contribution in [0, 0.1) is 0 Å². The zero-order valence-electron chi connectivity index (χ0n) is 14.0. The van der Waals surface area contributed by atoms with Gasteiger partial charge in [-0.25, -0.2) is 0 Å². The minimum Gasteiger partial charge on any atom is -0.492 e. The van der Waals surface area contributed by atoms with Gasteiger partial charge < -0.3 is 14.5 Å². The fourth-order valence-electron chi connectivity index (χ4n) is 2.35. The molecule has 0 aliphatic rings. The predicted molar refractivity (Wildman–Crippen MR) is 88.2 cm³/mol. The maximum absolute atomic E-state index is 12.1. The monoisotopic (exact) mass is 306 g/mol. The second-order valence-corrected chi connectivity index (χ2v) is 4.89. The smallest absolute Gasteiger partial charge is 0.224 e. The van der Waals surface area contributed by atoms with E-state index in [0.29, 0.717) is 44.1 Å². The molecule has 0 heterocycles. The number of benzene rings is 1. The molecule has 0 N–H and O–H groups in total. The summed E-state index contributed by atoms with van der Waals surface area (Å²) in [5.74, 6) is 0.625. The summed E-state index contributed by atoms with van der Waals surface area (Å²) in [6.07, 6.45) is 0.307. The normalized spacial score (nSPS) is 10.2. The highest BCUT2D eigenvalue weighted by molar-refractivity contribution is 5.93. The Bertz CT molecular complexity index is 498. The number of para-hydroxylation sites is 2. The van der Waals surface area contributed by atoms with E-state index in [0.717, 1.165) is 0 Å². The third-order valence-electron chi connectivity index (χ3n) is 3.50. The van der Waals surface area contributed by atoms with Gasteiger partial charge in [0.05, 0.1) is 12.3 Å². The molecule has 1 aromatic carbocycles. The van der Waals surface area contributed by atoms with Crippen LogP contribution in [0.1, 0.15) is 34.1 Å². The van der Waals surface area contributed by atoms with E-state index in [1.54, 1.807) is 9.80 Å². The van der Waals surface area contributed by atoms with Crippen LogP contribution in [0.25, 0.3) is 0 Å². The van der Waals surface area contributed by atoms with Crippen molar-refractivity contribution >= 4 is 17.5 Å². The molecule has 5 heteroatoms. The van der Waals surface area contributed by atoms with Gasteiger partial charge in [-0.05, 0) is 32.9 Å². The van der Waals surface area contributed by atoms with Gasteiger partial charge in [0.25, 0.3) is 0 Å². The molecule has 0 aromatic heterocycles. The van der Waals surface area contributed by atoms with Crippen molar-refractivity contribution in [2.75, 3.05) is 31.1 Å². The first kappa shape index (κ1) is 18.0. The molecule has 0 atom stereocenters. The molecule has 1 rings (SSSR count). The molecular weight excluding hydrogens is 280 g/mol. The van der Waals surface area contributed by atoms with Crippen LogP contribution in [0.4, 0.5) is 5.69 Å². The molecule has 122 valence electrons. The third kappa shape index (κ3) is 4.76. The second kappa shape index (κ2) is 9.07. The van der Waals surface area contributed by atoms with Crippen LogP contribution in [-0.2, 0) is 9.59 Å². The number of amides is 2. The van der Waals surface area contributed by atoms with E-state index in [2.05, 4.69) is 0 Å². The average molecular weight is 306 g/mol. The van der Waals surface area contributed by atoms with Crippen LogP contribution in [0.15, 0.2) is 24.3 Å². The quantitative estimate of drug-likeness (QED) is 0.742. The van der Waals surface area contributed by atoms with Gasteiger partial charge in [-0.3, -0.25) is 9.59 Å². The number of carbonyl (C=O) groups is 2. The van der Waals surface area contributed by atoms with E-state index in [1.807, 2.05) is 45.0 Å². The van der Waals surface area contributed by atoms with E-state index in [1.165, 1.54) is 6.92 Å².